The maximum atomic E-state index is 11.9. The van der Waals surface area contributed by atoms with Crippen LogP contribution in [0.3, 0.4) is 0 Å². The van der Waals surface area contributed by atoms with Crippen molar-refractivity contribution in [3.05, 3.63) is 54.1 Å². The minimum Gasteiger partial charge on any atom is -0.391 e. The Balaban J connectivity index is 1.85. The number of carbonyl (C=O) groups excluding carboxylic acids is 1. The van der Waals surface area contributed by atoms with Crippen LogP contribution in [0.15, 0.2) is 48.5 Å². The summed E-state index contributed by atoms with van der Waals surface area (Å²) >= 11 is 0. The van der Waals surface area contributed by atoms with Gasteiger partial charge in [0.2, 0.25) is 5.91 Å². The van der Waals surface area contributed by atoms with Gasteiger partial charge in [0, 0.05) is 5.69 Å². The van der Waals surface area contributed by atoms with Crippen LogP contribution in [0.2, 0.25) is 0 Å². The highest BCUT2D eigenvalue weighted by Crippen LogP contribution is 2.22. The first-order valence-corrected chi connectivity index (χ1v) is 10.4. The van der Waals surface area contributed by atoms with Crippen molar-refractivity contribution in [1.82, 2.24) is 0 Å². The first kappa shape index (κ1) is 22.1. The molecule has 4 nitrogen and oxygen atoms in total. The Morgan fingerprint density at radius 2 is 1.46 bits per heavy atom. The van der Waals surface area contributed by atoms with Crippen molar-refractivity contribution >= 4 is 11.6 Å². The first-order valence-electron chi connectivity index (χ1n) is 10.4. The summed E-state index contributed by atoms with van der Waals surface area (Å²) in [5, 5.41) is 12.1. The minimum atomic E-state index is -0.932. The first-order chi connectivity index (χ1) is 13.5. The number of nitrogens with two attached hydrogens (primary N) is 1. The number of hydrogen-bond donors (Lipinski definition) is 3. The van der Waals surface area contributed by atoms with Gasteiger partial charge in [-0.2, -0.15) is 0 Å². The molecule has 0 unspecified atom stereocenters. The van der Waals surface area contributed by atoms with Crippen LogP contribution >= 0.6 is 0 Å². The van der Waals surface area contributed by atoms with Crippen LogP contribution in [0.25, 0.3) is 11.1 Å². The summed E-state index contributed by atoms with van der Waals surface area (Å²) in [5.74, 6) is -0.387. The number of aliphatic hydroxyl groups is 1. The van der Waals surface area contributed by atoms with Gasteiger partial charge in [-0.3, -0.25) is 4.79 Å². The number of anilines is 1. The number of carbonyl (C=O) groups is 1. The molecule has 0 fully saturated rings. The molecular formula is C24H34N2O2. The normalized spacial score (nSPS) is 13.1. The molecule has 1 amide bonds. The van der Waals surface area contributed by atoms with Gasteiger partial charge in [-0.15, -0.1) is 0 Å². The fourth-order valence-electron chi connectivity index (χ4n) is 3.16. The maximum absolute atomic E-state index is 11.9. The van der Waals surface area contributed by atoms with Crippen LogP contribution in [0.1, 0.15) is 57.9 Å². The highest BCUT2D eigenvalue weighted by atomic mass is 16.3. The smallest absolute Gasteiger partial charge is 0.243 e. The molecule has 0 saturated heterocycles. The second-order valence-electron chi connectivity index (χ2n) is 7.55. The largest absolute Gasteiger partial charge is 0.391 e. The van der Waals surface area contributed by atoms with E-state index in [-0.39, 0.29) is 5.91 Å². The number of benzene rings is 2. The number of amides is 1. The average Bonchev–Trinajstić information content (AvgIpc) is 2.71. The Morgan fingerprint density at radius 3 is 2.04 bits per heavy atom. The van der Waals surface area contributed by atoms with Gasteiger partial charge in [-0.1, -0.05) is 75.4 Å². The van der Waals surface area contributed by atoms with Crippen molar-refractivity contribution in [2.75, 3.05) is 5.32 Å². The highest BCUT2D eigenvalue weighted by molar-refractivity contribution is 5.95. The summed E-state index contributed by atoms with van der Waals surface area (Å²) in [6.07, 6.45) is 8.18. The molecule has 0 aliphatic rings. The number of nitrogens with one attached hydrogen (secondary N) is 1. The number of aryl methyl sites for hydroxylation is 1. The van der Waals surface area contributed by atoms with Gasteiger partial charge in [0.25, 0.3) is 0 Å². The molecule has 152 valence electrons. The van der Waals surface area contributed by atoms with Crippen molar-refractivity contribution in [3.8, 4) is 11.1 Å². The zero-order chi connectivity index (χ0) is 20.4. The van der Waals surface area contributed by atoms with Crippen molar-refractivity contribution in [2.45, 2.75) is 70.9 Å². The van der Waals surface area contributed by atoms with Crippen LogP contribution in [0, 0.1) is 0 Å². The standard InChI is InChI=1S/C24H34N2O2/c1-3-4-5-6-7-8-9-19-10-12-20(13-11-19)21-14-16-22(17-15-21)26-24(28)23(25)18(2)27/h10-18,23,27H,3-9,25H2,1-2H3,(H,26,28)/t18-,23+/m1/s1. The Kier molecular flexibility index (Phi) is 9.18. The topological polar surface area (TPSA) is 75.4 Å². The Bertz CT molecular complexity index is 708. The van der Waals surface area contributed by atoms with Gasteiger partial charge in [0.15, 0.2) is 0 Å². The summed E-state index contributed by atoms with van der Waals surface area (Å²) < 4.78 is 0. The third kappa shape index (κ3) is 7.10. The molecule has 2 aromatic carbocycles. The lowest BCUT2D eigenvalue weighted by Crippen LogP contribution is -2.43. The van der Waals surface area contributed by atoms with E-state index < -0.39 is 12.1 Å². The van der Waals surface area contributed by atoms with E-state index in [0.29, 0.717) is 5.69 Å². The van der Waals surface area contributed by atoms with E-state index in [1.807, 2.05) is 24.3 Å². The zero-order valence-electron chi connectivity index (χ0n) is 17.2. The molecule has 4 N–H and O–H groups in total. The number of hydrogen-bond acceptors (Lipinski definition) is 3. The Morgan fingerprint density at radius 1 is 0.929 bits per heavy atom. The van der Waals surface area contributed by atoms with E-state index in [2.05, 4.69) is 36.5 Å². The summed E-state index contributed by atoms with van der Waals surface area (Å²) in [6, 6.07) is 15.5. The van der Waals surface area contributed by atoms with Crippen LogP contribution in [-0.4, -0.2) is 23.2 Å². The van der Waals surface area contributed by atoms with Crippen molar-refractivity contribution in [2.24, 2.45) is 5.73 Å². The molecule has 0 heterocycles. The summed E-state index contributed by atoms with van der Waals surface area (Å²) in [5.41, 5.74) is 9.96. The van der Waals surface area contributed by atoms with E-state index in [0.717, 1.165) is 17.5 Å². The SMILES string of the molecule is CCCCCCCCc1ccc(-c2ccc(NC(=O)[C@@H](N)[C@@H](C)O)cc2)cc1. The molecule has 28 heavy (non-hydrogen) atoms. The Labute approximate surface area is 169 Å². The summed E-state index contributed by atoms with van der Waals surface area (Å²) in [7, 11) is 0. The van der Waals surface area contributed by atoms with Crippen molar-refractivity contribution in [1.29, 1.82) is 0 Å². The van der Waals surface area contributed by atoms with Crippen LogP contribution < -0.4 is 11.1 Å². The molecule has 2 aromatic rings. The molecular weight excluding hydrogens is 348 g/mol. The number of aliphatic hydroxyl groups excluding tert-OH is 1. The van der Waals surface area contributed by atoms with Crippen LogP contribution in [-0.2, 0) is 11.2 Å². The second-order valence-corrected chi connectivity index (χ2v) is 7.55. The fraction of sp³-hybridized carbons (Fsp3) is 0.458. The third-order valence-corrected chi connectivity index (χ3v) is 5.08. The lowest BCUT2D eigenvalue weighted by Gasteiger charge is -2.14. The van der Waals surface area contributed by atoms with E-state index in [1.54, 1.807) is 0 Å². The third-order valence-electron chi connectivity index (χ3n) is 5.08. The monoisotopic (exact) mass is 382 g/mol. The van der Waals surface area contributed by atoms with Gasteiger partial charge in [0.05, 0.1) is 6.10 Å². The van der Waals surface area contributed by atoms with Gasteiger partial charge in [0.1, 0.15) is 6.04 Å². The van der Waals surface area contributed by atoms with Gasteiger partial charge >= 0.3 is 0 Å². The minimum absolute atomic E-state index is 0.387. The van der Waals surface area contributed by atoms with Crippen molar-refractivity contribution in [3.63, 3.8) is 0 Å². The molecule has 0 aromatic heterocycles. The molecule has 0 saturated carbocycles. The summed E-state index contributed by atoms with van der Waals surface area (Å²) in [6.45, 7) is 3.75. The predicted octanol–water partition coefficient (Wildman–Crippen LogP) is 4.90. The average molecular weight is 383 g/mol. The summed E-state index contributed by atoms with van der Waals surface area (Å²) in [4.78, 5) is 11.9. The fourth-order valence-corrected chi connectivity index (χ4v) is 3.16. The number of unbranched alkanes of at least 4 members (excludes halogenated alkanes) is 5. The predicted molar refractivity (Wildman–Crippen MR) is 117 cm³/mol. The van der Waals surface area contributed by atoms with Crippen LogP contribution in [0.5, 0.6) is 0 Å². The highest BCUT2D eigenvalue weighted by Gasteiger charge is 2.18. The molecule has 2 atom stereocenters. The lowest BCUT2D eigenvalue weighted by atomic mass is 10.0. The van der Waals surface area contributed by atoms with Crippen LogP contribution in [0.4, 0.5) is 5.69 Å². The van der Waals surface area contributed by atoms with Gasteiger partial charge in [-0.25, -0.2) is 0 Å². The lowest BCUT2D eigenvalue weighted by molar-refractivity contribution is -0.119. The van der Waals surface area contributed by atoms with Gasteiger partial charge in [-0.05, 0) is 48.6 Å². The zero-order valence-corrected chi connectivity index (χ0v) is 17.2. The molecule has 0 aliphatic heterocycles. The molecule has 2 rings (SSSR count). The quantitative estimate of drug-likeness (QED) is 0.484. The van der Waals surface area contributed by atoms with Crippen molar-refractivity contribution < 1.29 is 9.90 Å². The molecule has 0 bridgehead atoms. The van der Waals surface area contributed by atoms with E-state index in [9.17, 15) is 9.90 Å². The Hall–Kier alpha value is -2.17. The van der Waals surface area contributed by atoms with E-state index in [1.165, 1.54) is 51.0 Å². The molecule has 0 spiro atoms. The second kappa shape index (κ2) is 11.6. The molecule has 4 heteroatoms. The van der Waals surface area contributed by atoms with E-state index >= 15 is 0 Å². The van der Waals surface area contributed by atoms with E-state index in [4.69, 9.17) is 5.73 Å². The maximum Gasteiger partial charge on any atom is 0.243 e. The molecule has 0 radical (unpaired) electrons. The van der Waals surface area contributed by atoms with Gasteiger partial charge < -0.3 is 16.2 Å². The number of rotatable bonds is 11. The molecule has 0 aliphatic carbocycles.